The number of pyridine rings is 1. The van der Waals surface area contributed by atoms with E-state index in [9.17, 15) is 9.59 Å². The number of aromatic nitrogens is 3. The smallest absolute Gasteiger partial charge is 0.270 e. The number of rotatable bonds is 2. The van der Waals surface area contributed by atoms with Gasteiger partial charge in [0.25, 0.3) is 11.5 Å². The molecule has 1 fully saturated rings. The van der Waals surface area contributed by atoms with E-state index in [-0.39, 0.29) is 17.5 Å². The van der Waals surface area contributed by atoms with Crippen LogP contribution in [0.15, 0.2) is 29.3 Å². The monoisotopic (exact) mass is 340 g/mol. The molecule has 1 spiro atoms. The molecule has 1 saturated carbocycles. The van der Waals surface area contributed by atoms with Crippen LogP contribution in [0.1, 0.15) is 41.7 Å². The van der Waals surface area contributed by atoms with Gasteiger partial charge < -0.3 is 16.4 Å². The minimum atomic E-state index is -0.784. The fourth-order valence-electron chi connectivity index (χ4n) is 4.02. The van der Waals surface area contributed by atoms with Crippen LogP contribution in [0.5, 0.6) is 0 Å². The Labute approximate surface area is 144 Å². The van der Waals surface area contributed by atoms with Gasteiger partial charge >= 0.3 is 0 Å². The van der Waals surface area contributed by atoms with E-state index >= 15 is 0 Å². The Hall–Kier alpha value is -2.90. The third kappa shape index (κ3) is 2.36. The van der Waals surface area contributed by atoms with Crippen LogP contribution in [0.3, 0.4) is 0 Å². The maximum absolute atomic E-state index is 12.6. The van der Waals surface area contributed by atoms with Gasteiger partial charge in [-0.1, -0.05) is 12.5 Å². The van der Waals surface area contributed by atoms with E-state index in [1.54, 1.807) is 16.7 Å². The number of amides is 1. The van der Waals surface area contributed by atoms with Crippen molar-refractivity contribution in [3.05, 3.63) is 46.1 Å². The number of carbonyl (C=O) groups is 1. The molecule has 4 N–H and O–H groups in total. The summed E-state index contributed by atoms with van der Waals surface area (Å²) in [5, 5.41) is 6.45. The van der Waals surface area contributed by atoms with E-state index in [0.717, 1.165) is 24.8 Å². The maximum Gasteiger partial charge on any atom is 0.270 e. The lowest BCUT2D eigenvalue weighted by atomic mass is 9.84. The lowest BCUT2D eigenvalue weighted by molar-refractivity contribution is 0.0852. The largest absolute Gasteiger partial charge is 0.384 e. The Bertz CT molecular complexity index is 908. The molecule has 0 saturated heterocycles. The second-order valence-corrected chi connectivity index (χ2v) is 6.69. The van der Waals surface area contributed by atoms with Gasteiger partial charge in [-0.15, -0.1) is 0 Å². The van der Waals surface area contributed by atoms with Crippen molar-refractivity contribution < 1.29 is 4.79 Å². The minimum Gasteiger partial charge on any atom is -0.384 e. The number of anilines is 2. The van der Waals surface area contributed by atoms with Crippen LogP contribution in [-0.2, 0) is 5.66 Å². The standard InChI is InChI=1S/C17H20N6O2/c1-10-5-6-14(24)23-15(10)16(25)22-17(23)7-3-2-4-11(17)21-13-8-12(18)19-9-20-13/h5-6,8-9,11H,2-4,7H2,1H3,(H,22,25)(H3,18,19,20,21). The quantitative estimate of drug-likeness (QED) is 0.751. The van der Waals surface area contributed by atoms with Gasteiger partial charge in [-0.25, -0.2) is 9.97 Å². The molecular weight excluding hydrogens is 320 g/mol. The van der Waals surface area contributed by atoms with Crippen LogP contribution in [-0.4, -0.2) is 26.5 Å². The number of hydrogen-bond acceptors (Lipinski definition) is 6. The molecule has 3 heterocycles. The molecular formula is C17H20N6O2. The van der Waals surface area contributed by atoms with Gasteiger partial charge in [-0.05, 0) is 31.7 Å². The molecule has 2 atom stereocenters. The average Bonchev–Trinajstić information content (AvgIpc) is 2.88. The van der Waals surface area contributed by atoms with E-state index in [1.807, 2.05) is 6.92 Å². The Morgan fingerprint density at radius 2 is 2.16 bits per heavy atom. The van der Waals surface area contributed by atoms with Crippen LogP contribution in [0.2, 0.25) is 0 Å². The summed E-state index contributed by atoms with van der Waals surface area (Å²) in [5.74, 6) is 0.750. The Kier molecular flexibility index (Phi) is 3.48. The zero-order chi connectivity index (χ0) is 17.6. The molecule has 1 aliphatic carbocycles. The summed E-state index contributed by atoms with van der Waals surface area (Å²) >= 11 is 0. The highest BCUT2D eigenvalue weighted by molar-refractivity contribution is 5.96. The highest BCUT2D eigenvalue weighted by atomic mass is 16.2. The molecule has 130 valence electrons. The molecule has 0 bridgehead atoms. The number of nitrogens with zero attached hydrogens (tertiary/aromatic N) is 3. The van der Waals surface area contributed by atoms with E-state index in [1.165, 1.54) is 12.4 Å². The second-order valence-electron chi connectivity index (χ2n) is 6.69. The van der Waals surface area contributed by atoms with Gasteiger partial charge in [-0.2, -0.15) is 0 Å². The van der Waals surface area contributed by atoms with Crippen molar-refractivity contribution in [2.45, 2.75) is 44.3 Å². The van der Waals surface area contributed by atoms with Crippen molar-refractivity contribution >= 4 is 17.5 Å². The number of nitrogens with one attached hydrogen (secondary N) is 2. The SMILES string of the molecule is Cc1ccc(=O)n2c1C(=O)NC21CCCCC1Nc1cc(N)ncn1. The molecule has 0 aromatic carbocycles. The fourth-order valence-corrected chi connectivity index (χ4v) is 4.02. The Morgan fingerprint density at radius 1 is 1.32 bits per heavy atom. The zero-order valence-electron chi connectivity index (χ0n) is 14.0. The van der Waals surface area contributed by atoms with Crippen molar-refractivity contribution in [3.63, 3.8) is 0 Å². The van der Waals surface area contributed by atoms with Gasteiger partial charge in [0, 0.05) is 12.1 Å². The van der Waals surface area contributed by atoms with Crippen molar-refractivity contribution in [1.82, 2.24) is 19.9 Å². The molecule has 1 aliphatic heterocycles. The van der Waals surface area contributed by atoms with E-state index < -0.39 is 5.66 Å². The average molecular weight is 340 g/mol. The van der Waals surface area contributed by atoms with Crippen molar-refractivity contribution in [2.75, 3.05) is 11.1 Å². The van der Waals surface area contributed by atoms with Gasteiger partial charge in [0.2, 0.25) is 0 Å². The van der Waals surface area contributed by atoms with Crippen LogP contribution in [0.4, 0.5) is 11.6 Å². The van der Waals surface area contributed by atoms with Crippen molar-refractivity contribution in [3.8, 4) is 0 Å². The number of nitrogen functional groups attached to an aromatic ring is 1. The number of carbonyl (C=O) groups excluding carboxylic acids is 1. The molecule has 0 radical (unpaired) electrons. The van der Waals surface area contributed by atoms with Crippen LogP contribution < -0.4 is 21.9 Å². The first-order valence-electron chi connectivity index (χ1n) is 8.41. The van der Waals surface area contributed by atoms with E-state index in [2.05, 4.69) is 20.6 Å². The molecule has 8 heteroatoms. The summed E-state index contributed by atoms with van der Waals surface area (Å²) in [4.78, 5) is 33.3. The van der Waals surface area contributed by atoms with Crippen LogP contribution >= 0.6 is 0 Å². The minimum absolute atomic E-state index is 0.166. The molecule has 4 rings (SSSR count). The topological polar surface area (TPSA) is 115 Å². The summed E-state index contributed by atoms with van der Waals surface area (Å²) in [6.07, 6.45) is 4.83. The molecule has 8 nitrogen and oxygen atoms in total. The lowest BCUT2D eigenvalue weighted by Crippen LogP contribution is -2.59. The predicted molar refractivity (Wildman–Crippen MR) is 93.2 cm³/mol. The highest BCUT2D eigenvalue weighted by Crippen LogP contribution is 2.38. The second kappa shape index (κ2) is 5.58. The normalized spacial score (nSPS) is 24.8. The number of nitrogens with two attached hydrogens (primary N) is 1. The number of aryl methyl sites for hydroxylation is 1. The van der Waals surface area contributed by atoms with Crippen molar-refractivity contribution in [1.29, 1.82) is 0 Å². The molecule has 2 aromatic heterocycles. The van der Waals surface area contributed by atoms with E-state index in [4.69, 9.17) is 5.73 Å². The number of fused-ring (bicyclic) bond motifs is 2. The first-order valence-corrected chi connectivity index (χ1v) is 8.41. The predicted octanol–water partition coefficient (Wildman–Crippen LogP) is 0.980. The lowest BCUT2D eigenvalue weighted by Gasteiger charge is -2.42. The highest BCUT2D eigenvalue weighted by Gasteiger charge is 2.50. The first-order chi connectivity index (χ1) is 12.0. The zero-order valence-corrected chi connectivity index (χ0v) is 14.0. The van der Waals surface area contributed by atoms with Crippen LogP contribution in [0, 0.1) is 6.92 Å². The maximum atomic E-state index is 12.6. The molecule has 2 aliphatic rings. The first kappa shape index (κ1) is 15.6. The summed E-state index contributed by atoms with van der Waals surface area (Å²) in [7, 11) is 0. The third-order valence-electron chi connectivity index (χ3n) is 5.13. The Morgan fingerprint density at radius 3 is 2.96 bits per heavy atom. The molecule has 2 aromatic rings. The summed E-state index contributed by atoms with van der Waals surface area (Å²) in [6.45, 7) is 1.85. The van der Waals surface area contributed by atoms with Gasteiger partial charge in [0.05, 0.1) is 6.04 Å². The third-order valence-corrected chi connectivity index (χ3v) is 5.13. The van der Waals surface area contributed by atoms with Gasteiger partial charge in [0.15, 0.2) is 0 Å². The molecule has 25 heavy (non-hydrogen) atoms. The summed E-state index contributed by atoms with van der Waals surface area (Å²) in [5.41, 5.74) is 6.02. The van der Waals surface area contributed by atoms with Crippen molar-refractivity contribution in [2.24, 2.45) is 0 Å². The summed E-state index contributed by atoms with van der Waals surface area (Å²) < 4.78 is 1.63. The van der Waals surface area contributed by atoms with E-state index in [0.29, 0.717) is 23.8 Å². The Balaban J connectivity index is 1.81. The number of hydrogen-bond donors (Lipinski definition) is 3. The fraction of sp³-hybridized carbons (Fsp3) is 0.412. The van der Waals surface area contributed by atoms with Gasteiger partial charge in [-0.3, -0.25) is 14.2 Å². The van der Waals surface area contributed by atoms with Crippen LogP contribution in [0.25, 0.3) is 0 Å². The molecule has 1 amide bonds. The van der Waals surface area contributed by atoms with Gasteiger partial charge in [0.1, 0.15) is 29.3 Å². The molecule has 2 unspecified atom stereocenters. The summed E-state index contributed by atoms with van der Waals surface area (Å²) in [6, 6.07) is 4.71.